The molecule has 3 aliphatic rings. The van der Waals surface area contributed by atoms with Crippen LogP contribution in [-0.4, -0.2) is 91.8 Å². The number of nitrogens with one attached hydrogen (secondary N) is 2. The third-order valence-corrected chi connectivity index (χ3v) is 8.85. The first kappa shape index (κ1) is 34.6. The second-order valence-electron chi connectivity index (χ2n) is 14.3. The van der Waals surface area contributed by atoms with Gasteiger partial charge in [0.2, 0.25) is 0 Å². The van der Waals surface area contributed by atoms with E-state index < -0.39 is 41.8 Å². The number of nitrogens with zero attached hydrogens (tertiary/aromatic N) is 4. The van der Waals surface area contributed by atoms with E-state index in [4.69, 9.17) is 14.5 Å². The predicted molar refractivity (Wildman–Crippen MR) is 176 cm³/mol. The molecule has 0 saturated carbocycles. The van der Waals surface area contributed by atoms with Crippen molar-refractivity contribution in [2.24, 2.45) is 5.92 Å². The monoisotopic (exact) mass is 660 g/mol. The molecule has 3 amide bonds. The lowest BCUT2D eigenvalue weighted by Gasteiger charge is -2.42. The van der Waals surface area contributed by atoms with Crippen molar-refractivity contribution in [3.8, 4) is 11.1 Å². The maximum Gasteiger partial charge on any atom is 0.408 e. The van der Waals surface area contributed by atoms with Crippen LogP contribution in [0.25, 0.3) is 11.1 Å². The Morgan fingerprint density at radius 1 is 1.04 bits per heavy atom. The van der Waals surface area contributed by atoms with E-state index in [1.807, 2.05) is 65.0 Å². The maximum atomic E-state index is 13.1. The van der Waals surface area contributed by atoms with Gasteiger partial charge in [-0.2, -0.15) is 13.2 Å². The highest BCUT2D eigenvalue weighted by molar-refractivity contribution is 5.91. The molecule has 1 aromatic heterocycles. The molecule has 4 heterocycles. The summed E-state index contributed by atoms with van der Waals surface area (Å²) in [5.74, 6) is 1.01. The van der Waals surface area contributed by atoms with Crippen molar-refractivity contribution in [3.63, 3.8) is 0 Å². The zero-order valence-corrected chi connectivity index (χ0v) is 28.0. The number of morpholine rings is 1. The molecule has 0 unspecified atom stereocenters. The molecule has 0 aliphatic carbocycles. The molecule has 2 N–H and O–H groups in total. The summed E-state index contributed by atoms with van der Waals surface area (Å²) in [6, 6.07) is 9.33. The third kappa shape index (κ3) is 9.42. The number of carbonyl (C=O) groups excluding carboxylic acids is 2. The fraction of sp³-hybridized carbons (Fsp3) is 0.618. The number of aromatic nitrogens is 1. The van der Waals surface area contributed by atoms with Gasteiger partial charge >= 0.3 is 18.3 Å². The van der Waals surface area contributed by atoms with E-state index in [1.165, 1.54) is 4.90 Å². The number of likely N-dealkylation sites (tertiary alicyclic amines) is 1. The molecule has 3 saturated heterocycles. The van der Waals surface area contributed by atoms with Gasteiger partial charge in [0.05, 0.1) is 18.8 Å². The van der Waals surface area contributed by atoms with E-state index in [0.29, 0.717) is 51.5 Å². The predicted octanol–water partition coefficient (Wildman–Crippen LogP) is 6.58. The van der Waals surface area contributed by atoms with Gasteiger partial charge in [0.1, 0.15) is 17.2 Å². The molecular formula is C34H47F3N6O4. The zero-order valence-electron chi connectivity index (χ0n) is 28.0. The summed E-state index contributed by atoms with van der Waals surface area (Å²) in [4.78, 5) is 36.7. The average molecular weight is 661 g/mol. The Kier molecular flexibility index (Phi) is 10.1. The molecule has 3 aliphatic heterocycles. The summed E-state index contributed by atoms with van der Waals surface area (Å²) in [5.41, 5.74) is 2.26. The number of alkyl halides is 3. The summed E-state index contributed by atoms with van der Waals surface area (Å²) >= 11 is 0. The van der Waals surface area contributed by atoms with Crippen molar-refractivity contribution in [1.29, 1.82) is 0 Å². The lowest BCUT2D eigenvalue weighted by atomic mass is 9.91. The largest absolute Gasteiger partial charge is 0.444 e. The van der Waals surface area contributed by atoms with Gasteiger partial charge in [-0.05, 0) is 101 Å². The number of amides is 3. The first-order chi connectivity index (χ1) is 22.1. The van der Waals surface area contributed by atoms with Crippen molar-refractivity contribution in [3.05, 3.63) is 35.9 Å². The van der Waals surface area contributed by atoms with Crippen LogP contribution in [0, 0.1) is 12.8 Å². The van der Waals surface area contributed by atoms with Gasteiger partial charge < -0.3 is 34.8 Å². The lowest BCUT2D eigenvalue weighted by molar-refractivity contribution is -0.143. The SMILES string of the molecule is Cc1ccc(NC(=O)N2CC[C@@H](CC(F)(F)F)C2)cc1-c1cc(N2CCOCC2)nc(N2CCC[C@](C)(NC(=O)OC(C)(C)C)C2)c1. The molecule has 13 heteroatoms. The summed E-state index contributed by atoms with van der Waals surface area (Å²) in [5, 5.41) is 6.00. The van der Waals surface area contributed by atoms with Crippen LogP contribution in [0.2, 0.25) is 0 Å². The summed E-state index contributed by atoms with van der Waals surface area (Å²) in [6.07, 6.45) is -3.59. The first-order valence-electron chi connectivity index (χ1n) is 16.4. The van der Waals surface area contributed by atoms with Gasteiger partial charge in [-0.15, -0.1) is 0 Å². The molecule has 3 fully saturated rings. The Morgan fingerprint density at radius 3 is 2.43 bits per heavy atom. The van der Waals surface area contributed by atoms with Crippen LogP contribution < -0.4 is 20.4 Å². The molecule has 2 atom stereocenters. The average Bonchev–Trinajstić information content (AvgIpc) is 3.44. The normalized spacial score (nSPS) is 22.3. The van der Waals surface area contributed by atoms with Gasteiger partial charge in [-0.1, -0.05) is 6.07 Å². The number of aryl methyl sites for hydroxylation is 1. The zero-order chi connectivity index (χ0) is 34.0. The van der Waals surface area contributed by atoms with Gasteiger partial charge in [-0.3, -0.25) is 0 Å². The van der Waals surface area contributed by atoms with Crippen LogP contribution in [-0.2, 0) is 9.47 Å². The van der Waals surface area contributed by atoms with Gasteiger partial charge in [0.15, 0.2) is 0 Å². The van der Waals surface area contributed by atoms with Crippen molar-refractivity contribution >= 4 is 29.4 Å². The quantitative estimate of drug-likeness (QED) is 0.361. The van der Waals surface area contributed by atoms with E-state index in [1.54, 1.807) is 0 Å². The molecule has 0 bridgehead atoms. The van der Waals surface area contributed by atoms with Crippen LogP contribution in [0.1, 0.15) is 58.9 Å². The van der Waals surface area contributed by atoms with E-state index in [9.17, 15) is 22.8 Å². The highest BCUT2D eigenvalue weighted by atomic mass is 19.4. The Balaban J connectivity index is 1.39. The number of urea groups is 1. The second-order valence-corrected chi connectivity index (χ2v) is 14.3. The number of piperidine rings is 1. The van der Waals surface area contributed by atoms with Crippen LogP contribution in [0.4, 0.5) is 40.1 Å². The summed E-state index contributed by atoms with van der Waals surface area (Å²) in [7, 11) is 0. The van der Waals surface area contributed by atoms with E-state index >= 15 is 0 Å². The lowest BCUT2D eigenvalue weighted by Crippen LogP contribution is -2.57. The van der Waals surface area contributed by atoms with Crippen LogP contribution in [0.15, 0.2) is 30.3 Å². The Morgan fingerprint density at radius 2 is 1.74 bits per heavy atom. The Hall–Kier alpha value is -3.74. The van der Waals surface area contributed by atoms with E-state index in [2.05, 4.69) is 20.4 Å². The number of pyridine rings is 1. The van der Waals surface area contributed by atoms with Crippen molar-refractivity contribution in [2.75, 3.05) is 67.6 Å². The van der Waals surface area contributed by atoms with Gasteiger partial charge in [0.25, 0.3) is 0 Å². The molecule has 1 aromatic carbocycles. The number of anilines is 3. The molecule has 0 radical (unpaired) electrons. The van der Waals surface area contributed by atoms with Crippen LogP contribution in [0.5, 0.6) is 0 Å². The van der Waals surface area contributed by atoms with E-state index in [-0.39, 0.29) is 6.54 Å². The molecular weight excluding hydrogens is 613 g/mol. The fourth-order valence-corrected chi connectivity index (χ4v) is 6.59. The molecule has 2 aromatic rings. The van der Waals surface area contributed by atoms with Crippen molar-refractivity contribution in [2.45, 2.75) is 77.6 Å². The van der Waals surface area contributed by atoms with Gasteiger partial charge in [-0.25, -0.2) is 14.6 Å². The van der Waals surface area contributed by atoms with Crippen molar-refractivity contribution < 1.29 is 32.2 Å². The third-order valence-electron chi connectivity index (χ3n) is 8.85. The molecule has 47 heavy (non-hydrogen) atoms. The minimum absolute atomic E-state index is 0.0816. The Labute approximate surface area is 275 Å². The number of benzene rings is 1. The number of hydrogen-bond acceptors (Lipinski definition) is 7. The molecule has 258 valence electrons. The second kappa shape index (κ2) is 13.8. The Bertz CT molecular complexity index is 1440. The summed E-state index contributed by atoms with van der Waals surface area (Å²) < 4.78 is 49.9. The first-order valence-corrected chi connectivity index (χ1v) is 16.4. The fourth-order valence-electron chi connectivity index (χ4n) is 6.59. The topological polar surface area (TPSA) is 99.3 Å². The van der Waals surface area contributed by atoms with Crippen LogP contribution >= 0.6 is 0 Å². The number of rotatable bonds is 6. The number of hydrogen-bond donors (Lipinski definition) is 2. The minimum atomic E-state index is -4.24. The maximum absolute atomic E-state index is 13.1. The van der Waals surface area contributed by atoms with E-state index in [0.717, 1.165) is 47.7 Å². The smallest absolute Gasteiger partial charge is 0.408 e. The highest BCUT2D eigenvalue weighted by Gasteiger charge is 2.37. The molecule has 10 nitrogen and oxygen atoms in total. The number of ether oxygens (including phenoxy) is 2. The number of alkyl carbamates (subject to hydrolysis) is 1. The summed E-state index contributed by atoms with van der Waals surface area (Å²) in [6.45, 7) is 13.8. The highest BCUT2D eigenvalue weighted by Crippen LogP contribution is 2.35. The minimum Gasteiger partial charge on any atom is -0.444 e. The number of carbonyl (C=O) groups is 2. The molecule has 0 spiro atoms. The standard InChI is InChI=1S/C34H47F3N6O4/c1-23-7-8-26(38-30(44)42-12-9-24(21-42)20-34(35,36)37)19-27(23)25-17-28(41-13-15-46-16-14-41)39-29(18-25)43-11-6-10-33(5,22-43)40-31(45)47-32(2,3)4/h7-8,17-19,24H,6,9-16,20-22H2,1-5H3,(H,38,44)(H,40,45)/t24-,33-/m0/s1. The van der Waals surface area contributed by atoms with Gasteiger partial charge in [0, 0.05) is 51.4 Å². The number of halogens is 3. The van der Waals surface area contributed by atoms with Crippen molar-refractivity contribution in [1.82, 2.24) is 15.2 Å². The molecule has 5 rings (SSSR count). The van der Waals surface area contributed by atoms with Crippen LogP contribution in [0.3, 0.4) is 0 Å².